The lowest BCUT2D eigenvalue weighted by Gasteiger charge is -2.62. The highest BCUT2D eigenvalue weighted by atomic mass is 16.3. The molecule has 3 saturated carbocycles. The fourth-order valence-corrected chi connectivity index (χ4v) is 8.13. The smallest absolute Gasteiger partial charge is 0.0492 e. The van der Waals surface area contributed by atoms with Gasteiger partial charge in [0, 0.05) is 6.61 Å². The van der Waals surface area contributed by atoms with Gasteiger partial charge in [-0.1, -0.05) is 66.2 Å². The zero-order valence-electron chi connectivity index (χ0n) is 17.5. The average molecular weight is 349 g/mol. The van der Waals surface area contributed by atoms with E-state index in [0.717, 1.165) is 29.6 Å². The molecule has 25 heavy (non-hydrogen) atoms. The van der Waals surface area contributed by atoms with Crippen LogP contribution in [0, 0.1) is 40.4 Å². The molecule has 0 aliphatic heterocycles. The summed E-state index contributed by atoms with van der Waals surface area (Å²) < 4.78 is 0. The second-order valence-corrected chi connectivity index (χ2v) is 10.4. The summed E-state index contributed by atoms with van der Waals surface area (Å²) >= 11 is 0. The van der Waals surface area contributed by atoms with Crippen molar-refractivity contribution >= 4 is 0 Å². The van der Waals surface area contributed by atoms with Gasteiger partial charge in [-0.15, -0.1) is 0 Å². The molecule has 0 aromatic rings. The molecule has 3 aliphatic carbocycles. The zero-order chi connectivity index (χ0) is 18.1. The Kier molecular flexibility index (Phi) is 6.24. The minimum Gasteiger partial charge on any atom is -0.396 e. The molecule has 0 heterocycles. The molecule has 3 fully saturated rings. The van der Waals surface area contributed by atoms with Crippen molar-refractivity contribution in [3.63, 3.8) is 0 Å². The summed E-state index contributed by atoms with van der Waals surface area (Å²) in [4.78, 5) is 0. The van der Waals surface area contributed by atoms with Crippen LogP contribution in [0.5, 0.6) is 0 Å². The third-order valence-corrected chi connectivity index (χ3v) is 9.35. The van der Waals surface area contributed by atoms with E-state index < -0.39 is 0 Å². The maximum absolute atomic E-state index is 10.7. The Bertz CT molecular complexity index is 432. The van der Waals surface area contributed by atoms with Crippen LogP contribution in [0.2, 0.25) is 0 Å². The third kappa shape index (κ3) is 3.32. The van der Waals surface area contributed by atoms with E-state index in [2.05, 4.69) is 27.7 Å². The number of hydrogen-bond acceptors (Lipinski definition) is 1. The molecule has 0 saturated heterocycles. The lowest BCUT2D eigenvalue weighted by atomic mass is 9.43. The Morgan fingerprint density at radius 3 is 2.44 bits per heavy atom. The van der Waals surface area contributed by atoms with E-state index >= 15 is 0 Å². The van der Waals surface area contributed by atoms with Crippen LogP contribution in [0.4, 0.5) is 0 Å². The monoisotopic (exact) mass is 348 g/mol. The van der Waals surface area contributed by atoms with Gasteiger partial charge in [0.05, 0.1) is 0 Å². The van der Waals surface area contributed by atoms with Crippen molar-refractivity contribution < 1.29 is 5.11 Å². The quantitative estimate of drug-likeness (QED) is 0.557. The molecule has 7 unspecified atom stereocenters. The van der Waals surface area contributed by atoms with E-state index in [1.807, 2.05) is 0 Å². The maximum Gasteiger partial charge on any atom is 0.0492 e. The van der Waals surface area contributed by atoms with Crippen LogP contribution in [-0.4, -0.2) is 11.7 Å². The second-order valence-electron chi connectivity index (χ2n) is 10.4. The molecule has 7 atom stereocenters. The van der Waals surface area contributed by atoms with Crippen molar-refractivity contribution in [1.29, 1.82) is 0 Å². The van der Waals surface area contributed by atoms with Crippen molar-refractivity contribution in [2.75, 3.05) is 6.61 Å². The Labute approximate surface area is 157 Å². The standard InChI is InChI=1S/C24H44O/c1-5-7-10-19-12-15-24(17-25)20(16-19)13-14-23(4,22(24)6-2)21-11-8-9-18(21)3/h18-22,25H,5-17H2,1-4H3. The number of unbranched alkanes of at least 4 members (excludes halogenated alkanes) is 1. The topological polar surface area (TPSA) is 20.2 Å². The van der Waals surface area contributed by atoms with E-state index in [-0.39, 0.29) is 5.41 Å². The first kappa shape index (κ1) is 19.7. The van der Waals surface area contributed by atoms with Gasteiger partial charge in [-0.2, -0.15) is 0 Å². The van der Waals surface area contributed by atoms with E-state index in [9.17, 15) is 5.11 Å². The lowest BCUT2D eigenvalue weighted by Crippen LogP contribution is -2.56. The molecule has 0 aromatic heterocycles. The second kappa shape index (κ2) is 7.91. The van der Waals surface area contributed by atoms with Gasteiger partial charge in [0.1, 0.15) is 0 Å². The molecule has 146 valence electrons. The largest absolute Gasteiger partial charge is 0.396 e. The molecule has 0 aromatic carbocycles. The molecule has 1 heteroatoms. The predicted molar refractivity (Wildman–Crippen MR) is 108 cm³/mol. The minimum atomic E-state index is 0.243. The normalized spacial score (nSPS) is 47.6. The van der Waals surface area contributed by atoms with Gasteiger partial charge in [0.25, 0.3) is 0 Å². The summed E-state index contributed by atoms with van der Waals surface area (Å²) in [7, 11) is 0. The first-order valence-electron chi connectivity index (χ1n) is 11.6. The average Bonchev–Trinajstić information content (AvgIpc) is 3.06. The van der Waals surface area contributed by atoms with Crippen LogP contribution in [0.25, 0.3) is 0 Å². The molecular weight excluding hydrogens is 304 g/mol. The van der Waals surface area contributed by atoms with Crippen LogP contribution in [0.15, 0.2) is 0 Å². The van der Waals surface area contributed by atoms with E-state index in [4.69, 9.17) is 0 Å². The van der Waals surface area contributed by atoms with Crippen LogP contribution >= 0.6 is 0 Å². The first-order chi connectivity index (χ1) is 12.0. The number of fused-ring (bicyclic) bond motifs is 1. The van der Waals surface area contributed by atoms with Gasteiger partial charge in [0.15, 0.2) is 0 Å². The lowest BCUT2D eigenvalue weighted by molar-refractivity contribution is -0.153. The summed E-state index contributed by atoms with van der Waals surface area (Å²) in [5, 5.41) is 10.7. The summed E-state index contributed by atoms with van der Waals surface area (Å²) in [5.74, 6) is 4.27. The zero-order valence-corrected chi connectivity index (χ0v) is 17.5. The minimum absolute atomic E-state index is 0.243. The Balaban J connectivity index is 1.83. The summed E-state index contributed by atoms with van der Waals surface area (Å²) in [5.41, 5.74) is 0.715. The van der Waals surface area contributed by atoms with E-state index in [1.165, 1.54) is 77.0 Å². The Morgan fingerprint density at radius 2 is 1.84 bits per heavy atom. The van der Waals surface area contributed by atoms with Crippen LogP contribution in [-0.2, 0) is 0 Å². The summed E-state index contributed by atoms with van der Waals surface area (Å²) in [6.07, 6.45) is 16.7. The van der Waals surface area contributed by atoms with Crippen molar-refractivity contribution in [3.8, 4) is 0 Å². The highest BCUT2D eigenvalue weighted by Crippen LogP contribution is 2.65. The number of rotatable bonds is 6. The van der Waals surface area contributed by atoms with Gasteiger partial charge in [-0.05, 0) is 78.9 Å². The number of aliphatic hydroxyl groups excluding tert-OH is 1. The van der Waals surface area contributed by atoms with Gasteiger partial charge in [0.2, 0.25) is 0 Å². The Hall–Kier alpha value is -0.0400. The molecule has 0 spiro atoms. The molecule has 1 nitrogen and oxygen atoms in total. The fraction of sp³-hybridized carbons (Fsp3) is 1.00. The van der Waals surface area contributed by atoms with Gasteiger partial charge < -0.3 is 5.11 Å². The Morgan fingerprint density at radius 1 is 1.04 bits per heavy atom. The van der Waals surface area contributed by atoms with Crippen molar-refractivity contribution in [2.24, 2.45) is 40.4 Å². The first-order valence-corrected chi connectivity index (χ1v) is 11.6. The molecule has 0 radical (unpaired) electrons. The SMILES string of the molecule is CCCCC1CCC2(CO)C(CCC(C)(C3CCCC3C)C2CC)C1. The summed E-state index contributed by atoms with van der Waals surface area (Å²) in [6, 6.07) is 0. The molecule has 0 amide bonds. The molecule has 0 bridgehead atoms. The summed E-state index contributed by atoms with van der Waals surface area (Å²) in [6.45, 7) is 10.3. The van der Waals surface area contributed by atoms with Gasteiger partial charge >= 0.3 is 0 Å². The van der Waals surface area contributed by atoms with Gasteiger partial charge in [-0.3, -0.25) is 0 Å². The maximum atomic E-state index is 10.7. The van der Waals surface area contributed by atoms with Gasteiger partial charge in [-0.25, -0.2) is 0 Å². The molecular formula is C24H44O. The predicted octanol–water partition coefficient (Wildman–Crippen LogP) is 6.83. The van der Waals surface area contributed by atoms with Crippen molar-refractivity contribution in [2.45, 2.75) is 105 Å². The van der Waals surface area contributed by atoms with Crippen LogP contribution < -0.4 is 0 Å². The third-order valence-electron chi connectivity index (χ3n) is 9.35. The van der Waals surface area contributed by atoms with Crippen molar-refractivity contribution in [1.82, 2.24) is 0 Å². The van der Waals surface area contributed by atoms with Crippen LogP contribution in [0.1, 0.15) is 105 Å². The van der Waals surface area contributed by atoms with E-state index in [1.54, 1.807) is 0 Å². The fourth-order valence-electron chi connectivity index (χ4n) is 8.13. The number of aliphatic hydroxyl groups is 1. The molecule has 3 aliphatic rings. The van der Waals surface area contributed by atoms with E-state index in [0.29, 0.717) is 12.0 Å². The van der Waals surface area contributed by atoms with Crippen LogP contribution in [0.3, 0.4) is 0 Å². The molecule has 1 N–H and O–H groups in total. The number of hydrogen-bond donors (Lipinski definition) is 1. The highest BCUT2D eigenvalue weighted by molar-refractivity contribution is 5.08. The molecule has 3 rings (SSSR count). The highest BCUT2D eigenvalue weighted by Gasteiger charge is 2.59. The van der Waals surface area contributed by atoms with Crippen molar-refractivity contribution in [3.05, 3.63) is 0 Å².